The van der Waals surface area contributed by atoms with E-state index in [1.165, 1.54) is 18.2 Å². The fraction of sp³-hybridized carbons (Fsp3) is 0.273. The number of nitrogens with zero attached hydrogens (tertiary/aromatic N) is 1. The molecule has 0 aromatic heterocycles. The molecule has 1 unspecified atom stereocenters. The third kappa shape index (κ3) is 2.15. The molecule has 1 aromatic carbocycles. The van der Waals surface area contributed by atoms with E-state index in [1.54, 1.807) is 6.07 Å². The zero-order chi connectivity index (χ0) is 13.3. The van der Waals surface area contributed by atoms with E-state index < -0.39 is 22.9 Å². The number of hydrogen-bond donors (Lipinski definition) is 2. The Bertz CT molecular complexity index is 528. The molecule has 2 N–H and O–H groups in total. The third-order valence-corrected chi connectivity index (χ3v) is 2.90. The summed E-state index contributed by atoms with van der Waals surface area (Å²) in [6.07, 6.45) is 0.0259. The van der Waals surface area contributed by atoms with Crippen molar-refractivity contribution in [2.75, 3.05) is 0 Å². The number of carbonyl (C=O) groups excluding carboxylic acids is 1. The number of benzene rings is 1. The van der Waals surface area contributed by atoms with Crippen LogP contribution in [0.1, 0.15) is 17.9 Å². The molecule has 2 atom stereocenters. The normalized spacial score (nSPS) is 22.6. The Morgan fingerprint density at radius 1 is 1.50 bits per heavy atom. The van der Waals surface area contributed by atoms with Crippen LogP contribution in [0.15, 0.2) is 24.3 Å². The standard InChI is InChI=1S/C11H10N2O5/c14-9-5-8(10(12-9)11(15)16)6-2-1-3-7(4-6)13(17)18/h1-4,8,10H,5H2,(H,12,14)(H,15,16)/t8?,10-/m0/s1. The van der Waals surface area contributed by atoms with E-state index in [0.717, 1.165) is 0 Å². The molecular weight excluding hydrogens is 240 g/mol. The number of carboxylic acids is 1. The largest absolute Gasteiger partial charge is 0.480 e. The maximum absolute atomic E-state index is 11.3. The molecule has 0 spiro atoms. The maximum atomic E-state index is 11.3. The van der Waals surface area contributed by atoms with Crippen molar-refractivity contribution in [3.8, 4) is 0 Å². The van der Waals surface area contributed by atoms with Gasteiger partial charge in [0.05, 0.1) is 4.92 Å². The topological polar surface area (TPSA) is 110 Å². The molecule has 1 aliphatic rings. The van der Waals surface area contributed by atoms with Crippen molar-refractivity contribution in [1.82, 2.24) is 5.32 Å². The van der Waals surface area contributed by atoms with Gasteiger partial charge in [-0.2, -0.15) is 0 Å². The Balaban J connectivity index is 2.35. The van der Waals surface area contributed by atoms with Crippen LogP contribution in [0.5, 0.6) is 0 Å². The lowest BCUT2D eigenvalue weighted by molar-refractivity contribution is -0.384. The molecule has 1 saturated heterocycles. The van der Waals surface area contributed by atoms with Gasteiger partial charge in [-0.1, -0.05) is 12.1 Å². The molecule has 2 rings (SSSR count). The Kier molecular flexibility index (Phi) is 2.97. The van der Waals surface area contributed by atoms with Crippen LogP contribution in [0.3, 0.4) is 0 Å². The lowest BCUT2D eigenvalue weighted by Gasteiger charge is -2.14. The van der Waals surface area contributed by atoms with Crippen molar-refractivity contribution < 1.29 is 19.6 Å². The molecule has 18 heavy (non-hydrogen) atoms. The van der Waals surface area contributed by atoms with Gasteiger partial charge in [0, 0.05) is 24.5 Å². The number of amides is 1. The summed E-state index contributed by atoms with van der Waals surface area (Å²) in [6.45, 7) is 0. The highest BCUT2D eigenvalue weighted by molar-refractivity contribution is 5.89. The van der Waals surface area contributed by atoms with Gasteiger partial charge >= 0.3 is 5.97 Å². The summed E-state index contributed by atoms with van der Waals surface area (Å²) >= 11 is 0. The number of carbonyl (C=O) groups is 2. The minimum atomic E-state index is -1.14. The Labute approximate surface area is 102 Å². The molecule has 0 saturated carbocycles. The van der Waals surface area contributed by atoms with Gasteiger partial charge in [-0.15, -0.1) is 0 Å². The van der Waals surface area contributed by atoms with Crippen molar-refractivity contribution in [2.45, 2.75) is 18.4 Å². The van der Waals surface area contributed by atoms with Crippen LogP contribution < -0.4 is 5.32 Å². The Morgan fingerprint density at radius 3 is 2.83 bits per heavy atom. The zero-order valence-electron chi connectivity index (χ0n) is 9.20. The van der Waals surface area contributed by atoms with Crippen molar-refractivity contribution in [1.29, 1.82) is 0 Å². The van der Waals surface area contributed by atoms with Gasteiger partial charge in [-0.3, -0.25) is 14.9 Å². The third-order valence-electron chi connectivity index (χ3n) is 2.90. The number of hydrogen-bond acceptors (Lipinski definition) is 4. The predicted octanol–water partition coefficient (Wildman–Crippen LogP) is 0.651. The van der Waals surface area contributed by atoms with E-state index >= 15 is 0 Å². The molecule has 94 valence electrons. The number of nitro groups is 1. The molecule has 0 radical (unpaired) electrons. The zero-order valence-corrected chi connectivity index (χ0v) is 9.20. The molecule has 1 aliphatic heterocycles. The van der Waals surface area contributed by atoms with Gasteiger partial charge in [0.15, 0.2) is 0 Å². The molecule has 7 nitrogen and oxygen atoms in total. The van der Waals surface area contributed by atoms with Crippen LogP contribution in [-0.4, -0.2) is 27.9 Å². The summed E-state index contributed by atoms with van der Waals surface area (Å²) in [5.74, 6) is -2.08. The number of nitro benzene ring substituents is 1. The molecule has 7 heteroatoms. The SMILES string of the molecule is O=C1CC(c2cccc([N+](=O)[O-])c2)[C@@H](C(=O)O)N1. The number of rotatable bonds is 3. The van der Waals surface area contributed by atoms with E-state index in [0.29, 0.717) is 5.56 Å². The van der Waals surface area contributed by atoms with Gasteiger partial charge in [-0.05, 0) is 5.56 Å². The van der Waals surface area contributed by atoms with E-state index in [4.69, 9.17) is 5.11 Å². The molecular formula is C11H10N2O5. The van der Waals surface area contributed by atoms with Crippen LogP contribution in [0.25, 0.3) is 0 Å². The summed E-state index contributed by atoms with van der Waals surface area (Å²) in [7, 11) is 0. The fourth-order valence-corrected chi connectivity index (χ4v) is 2.06. The van der Waals surface area contributed by atoms with Crippen LogP contribution >= 0.6 is 0 Å². The first-order valence-corrected chi connectivity index (χ1v) is 5.25. The first-order valence-electron chi connectivity index (χ1n) is 5.25. The number of non-ortho nitro benzene ring substituents is 1. The summed E-state index contributed by atoms with van der Waals surface area (Å²) in [5.41, 5.74) is 0.367. The van der Waals surface area contributed by atoms with Crippen LogP contribution in [0, 0.1) is 10.1 Å². The number of carboxylic acid groups (broad SMARTS) is 1. The second-order valence-electron chi connectivity index (χ2n) is 4.05. The second-order valence-corrected chi connectivity index (χ2v) is 4.05. The molecule has 1 fully saturated rings. The highest BCUT2D eigenvalue weighted by Crippen LogP contribution is 2.30. The lowest BCUT2D eigenvalue weighted by Crippen LogP contribution is -2.36. The molecule has 0 bridgehead atoms. The maximum Gasteiger partial charge on any atom is 0.326 e. The summed E-state index contributed by atoms with van der Waals surface area (Å²) in [4.78, 5) is 32.4. The minimum Gasteiger partial charge on any atom is -0.480 e. The molecule has 1 amide bonds. The Morgan fingerprint density at radius 2 is 2.22 bits per heavy atom. The van der Waals surface area contributed by atoms with Gasteiger partial charge < -0.3 is 10.4 Å². The van der Waals surface area contributed by atoms with Crippen molar-refractivity contribution in [3.05, 3.63) is 39.9 Å². The van der Waals surface area contributed by atoms with Crippen molar-refractivity contribution in [3.63, 3.8) is 0 Å². The average molecular weight is 250 g/mol. The van der Waals surface area contributed by atoms with Crippen LogP contribution in [-0.2, 0) is 9.59 Å². The average Bonchev–Trinajstić information content (AvgIpc) is 2.72. The van der Waals surface area contributed by atoms with E-state index in [1.807, 2.05) is 0 Å². The fourth-order valence-electron chi connectivity index (χ4n) is 2.06. The van der Waals surface area contributed by atoms with E-state index in [2.05, 4.69) is 5.32 Å². The van der Waals surface area contributed by atoms with Gasteiger partial charge in [0.25, 0.3) is 5.69 Å². The van der Waals surface area contributed by atoms with E-state index in [-0.39, 0.29) is 18.0 Å². The smallest absolute Gasteiger partial charge is 0.326 e. The van der Waals surface area contributed by atoms with Gasteiger partial charge in [-0.25, -0.2) is 4.79 Å². The number of aliphatic carboxylic acids is 1. The summed E-state index contributed by atoms with van der Waals surface area (Å²) < 4.78 is 0. The van der Waals surface area contributed by atoms with Crippen molar-refractivity contribution in [2.24, 2.45) is 0 Å². The first kappa shape index (κ1) is 12.0. The summed E-state index contributed by atoms with van der Waals surface area (Å²) in [6, 6.07) is 4.67. The molecule has 0 aliphatic carbocycles. The monoisotopic (exact) mass is 250 g/mol. The summed E-state index contributed by atoms with van der Waals surface area (Å²) in [5, 5.41) is 22.0. The highest BCUT2D eigenvalue weighted by atomic mass is 16.6. The first-order chi connectivity index (χ1) is 8.49. The van der Waals surface area contributed by atoms with Crippen molar-refractivity contribution >= 4 is 17.6 Å². The molecule has 1 heterocycles. The van der Waals surface area contributed by atoms with Gasteiger partial charge in [0.1, 0.15) is 6.04 Å². The number of nitrogens with one attached hydrogen (secondary N) is 1. The molecule has 1 aromatic rings. The van der Waals surface area contributed by atoms with Crippen LogP contribution in [0.4, 0.5) is 5.69 Å². The minimum absolute atomic E-state index is 0.0259. The van der Waals surface area contributed by atoms with E-state index in [9.17, 15) is 19.7 Å². The highest BCUT2D eigenvalue weighted by Gasteiger charge is 2.38. The lowest BCUT2D eigenvalue weighted by atomic mass is 9.91. The predicted molar refractivity (Wildman–Crippen MR) is 60.0 cm³/mol. The quantitative estimate of drug-likeness (QED) is 0.604. The second kappa shape index (κ2) is 4.44. The van der Waals surface area contributed by atoms with Crippen LogP contribution in [0.2, 0.25) is 0 Å². The van der Waals surface area contributed by atoms with Gasteiger partial charge in [0.2, 0.25) is 5.91 Å². The Hall–Kier alpha value is -2.44.